The van der Waals surface area contributed by atoms with Crippen LogP contribution in [0.3, 0.4) is 0 Å². The number of hydrogen-bond acceptors (Lipinski definition) is 4. The van der Waals surface area contributed by atoms with Crippen LogP contribution in [0.5, 0.6) is 0 Å². The maximum absolute atomic E-state index is 11.8. The molecule has 0 saturated carbocycles. The Balaban J connectivity index is 1.64. The number of nitrogens with zero attached hydrogens (tertiary/aromatic N) is 2. The molecule has 0 unspecified atom stereocenters. The van der Waals surface area contributed by atoms with Crippen LogP contribution in [0.25, 0.3) is 11.0 Å². The van der Waals surface area contributed by atoms with Crippen molar-refractivity contribution in [2.24, 2.45) is 0 Å². The lowest BCUT2D eigenvalue weighted by Gasteiger charge is -1.99. The first kappa shape index (κ1) is 14.9. The van der Waals surface area contributed by atoms with Crippen molar-refractivity contribution in [2.75, 3.05) is 5.32 Å². The number of aryl methyl sites for hydroxylation is 2. The average molecular weight is 339 g/mol. The first-order valence-electron chi connectivity index (χ1n) is 6.58. The highest BCUT2D eigenvalue weighted by Gasteiger charge is 2.10. The van der Waals surface area contributed by atoms with E-state index in [1.165, 1.54) is 0 Å². The summed E-state index contributed by atoms with van der Waals surface area (Å²) in [4.78, 5) is 19.3. The van der Waals surface area contributed by atoms with Gasteiger partial charge in [0.05, 0.1) is 21.1 Å². The van der Waals surface area contributed by atoms with Crippen LogP contribution in [0.4, 0.5) is 5.82 Å². The van der Waals surface area contributed by atoms with Gasteiger partial charge in [0.25, 0.3) is 0 Å². The fourth-order valence-electron chi connectivity index (χ4n) is 2.04. The molecular weight excluding hydrogens is 327 g/mol. The maximum Gasteiger partial charge on any atom is 0.226 e. The number of fused-ring (bicyclic) bond motifs is 1. The van der Waals surface area contributed by atoms with Gasteiger partial charge < -0.3 is 14.8 Å². The molecule has 1 aromatic carbocycles. The molecule has 0 fully saturated rings. The molecule has 0 aliphatic rings. The van der Waals surface area contributed by atoms with Gasteiger partial charge >= 0.3 is 0 Å². The first-order chi connectivity index (χ1) is 10.5. The Kier molecular flexibility index (Phi) is 4.04. The lowest BCUT2D eigenvalue weighted by atomic mass is 10.3. The molecule has 8 heteroatoms. The summed E-state index contributed by atoms with van der Waals surface area (Å²) >= 11 is 11.9. The zero-order valence-electron chi connectivity index (χ0n) is 11.6. The monoisotopic (exact) mass is 338 g/mol. The van der Waals surface area contributed by atoms with E-state index >= 15 is 0 Å². The average Bonchev–Trinajstić information content (AvgIpc) is 3.03. The third-order valence-corrected chi connectivity index (χ3v) is 3.78. The predicted molar refractivity (Wildman–Crippen MR) is 84.3 cm³/mol. The molecular formula is C14H12Cl2N4O2. The second-order valence-corrected chi connectivity index (χ2v) is 5.65. The molecule has 3 aromatic rings. The van der Waals surface area contributed by atoms with E-state index < -0.39 is 0 Å². The van der Waals surface area contributed by atoms with Crippen LogP contribution in [-0.4, -0.2) is 21.0 Å². The van der Waals surface area contributed by atoms with Gasteiger partial charge in [-0.1, -0.05) is 28.4 Å². The Morgan fingerprint density at radius 3 is 2.82 bits per heavy atom. The van der Waals surface area contributed by atoms with Gasteiger partial charge in [0.15, 0.2) is 5.82 Å². The van der Waals surface area contributed by atoms with E-state index in [1.807, 2.05) is 0 Å². The number of rotatable bonds is 4. The van der Waals surface area contributed by atoms with Crippen LogP contribution >= 0.6 is 23.2 Å². The number of aromatic amines is 1. The lowest BCUT2D eigenvalue weighted by Crippen LogP contribution is -2.12. The molecule has 6 nitrogen and oxygen atoms in total. The number of H-pyrrole nitrogens is 1. The number of nitrogens with one attached hydrogen (secondary N) is 2. The summed E-state index contributed by atoms with van der Waals surface area (Å²) in [5.41, 5.74) is 1.51. The van der Waals surface area contributed by atoms with Gasteiger partial charge in [0, 0.05) is 18.9 Å². The third-order valence-electron chi connectivity index (χ3n) is 3.06. The van der Waals surface area contributed by atoms with Crippen LogP contribution in [0.1, 0.15) is 18.0 Å². The molecule has 2 heterocycles. The van der Waals surface area contributed by atoms with Crippen LogP contribution < -0.4 is 5.32 Å². The zero-order chi connectivity index (χ0) is 15.7. The number of carbonyl (C=O) groups excluding carboxylic acids is 1. The van der Waals surface area contributed by atoms with E-state index in [-0.39, 0.29) is 12.3 Å². The number of amides is 1. The predicted octanol–water partition coefficient (Wildman–Crippen LogP) is 3.74. The Hall–Kier alpha value is -2.05. The number of imidazole rings is 1. The minimum atomic E-state index is -0.162. The van der Waals surface area contributed by atoms with Gasteiger partial charge in [-0.2, -0.15) is 0 Å². The van der Waals surface area contributed by atoms with Crippen molar-refractivity contribution >= 4 is 46.0 Å². The Bertz CT molecular complexity index is 802. The fraction of sp³-hybridized carbons (Fsp3) is 0.214. The summed E-state index contributed by atoms with van der Waals surface area (Å²) in [5, 5.41) is 7.27. The normalized spacial score (nSPS) is 11.0. The summed E-state index contributed by atoms with van der Waals surface area (Å²) in [6.07, 6.45) is 0.736. The molecule has 0 radical (unpaired) electrons. The number of anilines is 1. The quantitative estimate of drug-likeness (QED) is 0.758. The second-order valence-electron chi connectivity index (χ2n) is 4.84. The largest absolute Gasteiger partial charge is 0.360 e. The van der Waals surface area contributed by atoms with Crippen LogP contribution in [-0.2, 0) is 11.2 Å². The summed E-state index contributed by atoms with van der Waals surface area (Å²) < 4.78 is 4.88. The molecule has 2 N–H and O–H groups in total. The van der Waals surface area contributed by atoms with E-state index in [4.69, 9.17) is 27.7 Å². The van der Waals surface area contributed by atoms with Gasteiger partial charge in [0.2, 0.25) is 5.91 Å². The molecule has 0 aliphatic heterocycles. The molecule has 3 rings (SSSR count). The Morgan fingerprint density at radius 2 is 2.09 bits per heavy atom. The smallest absolute Gasteiger partial charge is 0.226 e. The van der Waals surface area contributed by atoms with E-state index in [0.717, 1.165) is 11.0 Å². The van der Waals surface area contributed by atoms with Crippen molar-refractivity contribution < 1.29 is 9.32 Å². The van der Waals surface area contributed by atoms with E-state index in [9.17, 15) is 4.79 Å². The SMILES string of the molecule is Cc1cc(NC(=O)CCc2nc3cc(Cl)c(Cl)cc3[nH]2)no1. The minimum absolute atomic E-state index is 0.162. The molecule has 0 saturated heterocycles. The van der Waals surface area contributed by atoms with Crippen LogP contribution in [0.2, 0.25) is 10.0 Å². The van der Waals surface area contributed by atoms with Crippen molar-refractivity contribution in [3.63, 3.8) is 0 Å². The van der Waals surface area contributed by atoms with Crippen LogP contribution in [0.15, 0.2) is 22.7 Å². The number of hydrogen-bond donors (Lipinski definition) is 2. The van der Waals surface area contributed by atoms with E-state index in [1.54, 1.807) is 25.1 Å². The maximum atomic E-state index is 11.8. The summed E-state index contributed by atoms with van der Waals surface area (Å²) in [6.45, 7) is 1.76. The molecule has 22 heavy (non-hydrogen) atoms. The molecule has 0 spiro atoms. The van der Waals surface area contributed by atoms with E-state index in [2.05, 4.69) is 20.4 Å². The number of halogens is 2. The van der Waals surface area contributed by atoms with Gasteiger partial charge in [-0.25, -0.2) is 4.98 Å². The van der Waals surface area contributed by atoms with Crippen molar-refractivity contribution in [3.8, 4) is 0 Å². The van der Waals surface area contributed by atoms with Gasteiger partial charge in [-0.05, 0) is 19.1 Å². The molecule has 114 valence electrons. The summed E-state index contributed by atoms with van der Waals surface area (Å²) in [5.74, 6) is 1.58. The highest BCUT2D eigenvalue weighted by molar-refractivity contribution is 6.42. The first-order valence-corrected chi connectivity index (χ1v) is 7.33. The van der Waals surface area contributed by atoms with Crippen molar-refractivity contribution in [1.82, 2.24) is 15.1 Å². The molecule has 1 amide bonds. The molecule has 0 atom stereocenters. The number of aromatic nitrogens is 3. The van der Waals surface area contributed by atoms with Gasteiger partial charge in [0.1, 0.15) is 11.6 Å². The fourth-order valence-corrected chi connectivity index (χ4v) is 2.36. The Labute approximate surface area is 135 Å². The minimum Gasteiger partial charge on any atom is -0.360 e. The highest BCUT2D eigenvalue weighted by atomic mass is 35.5. The van der Waals surface area contributed by atoms with Crippen molar-refractivity contribution in [3.05, 3.63) is 39.8 Å². The molecule has 2 aromatic heterocycles. The highest BCUT2D eigenvalue weighted by Crippen LogP contribution is 2.26. The standard InChI is InChI=1S/C14H12Cl2N4O2/c1-7-4-13(20-22-7)19-14(21)3-2-12-17-10-5-8(15)9(16)6-11(10)18-12/h4-6H,2-3H2,1H3,(H,17,18)(H,19,20,21). The van der Waals surface area contributed by atoms with Crippen molar-refractivity contribution in [1.29, 1.82) is 0 Å². The zero-order valence-corrected chi connectivity index (χ0v) is 13.1. The lowest BCUT2D eigenvalue weighted by molar-refractivity contribution is -0.116. The molecule has 0 bridgehead atoms. The number of benzene rings is 1. The number of carbonyl (C=O) groups is 1. The summed E-state index contributed by atoms with van der Waals surface area (Å²) in [7, 11) is 0. The third kappa shape index (κ3) is 3.23. The second kappa shape index (κ2) is 5.98. The topological polar surface area (TPSA) is 83.8 Å². The molecule has 0 aliphatic carbocycles. The van der Waals surface area contributed by atoms with Gasteiger partial charge in [-0.15, -0.1) is 0 Å². The van der Waals surface area contributed by atoms with Crippen LogP contribution in [0, 0.1) is 6.92 Å². The summed E-state index contributed by atoms with van der Waals surface area (Å²) in [6, 6.07) is 5.06. The van der Waals surface area contributed by atoms with E-state index in [0.29, 0.717) is 33.9 Å². The Morgan fingerprint density at radius 1 is 1.32 bits per heavy atom. The van der Waals surface area contributed by atoms with Gasteiger partial charge in [-0.3, -0.25) is 4.79 Å². The van der Waals surface area contributed by atoms with Crippen molar-refractivity contribution in [2.45, 2.75) is 19.8 Å².